The molecule has 0 saturated carbocycles. The molecular weight excluding hydrogens is 200 g/mol. The van der Waals surface area contributed by atoms with Crippen molar-refractivity contribution < 1.29 is 0 Å². The van der Waals surface area contributed by atoms with Gasteiger partial charge in [0, 0.05) is 37.4 Å². The predicted molar refractivity (Wildman–Crippen MR) is 67.0 cm³/mol. The molecule has 1 aromatic rings. The number of nitrogens with two attached hydrogens (primary N) is 1. The lowest BCUT2D eigenvalue weighted by molar-refractivity contribution is 0.241. The van der Waals surface area contributed by atoms with E-state index in [1.54, 1.807) is 0 Å². The molecule has 0 saturated heterocycles. The highest BCUT2D eigenvalue weighted by Crippen LogP contribution is 2.11. The van der Waals surface area contributed by atoms with Gasteiger partial charge in [-0.2, -0.15) is 5.10 Å². The summed E-state index contributed by atoms with van der Waals surface area (Å²) in [5.41, 5.74) is 7.37. The van der Waals surface area contributed by atoms with Gasteiger partial charge in [0.15, 0.2) is 0 Å². The van der Waals surface area contributed by atoms with E-state index in [1.165, 1.54) is 5.56 Å². The van der Waals surface area contributed by atoms with Crippen LogP contribution in [0.1, 0.15) is 32.3 Å². The van der Waals surface area contributed by atoms with Gasteiger partial charge in [-0.3, -0.25) is 4.68 Å². The van der Waals surface area contributed by atoms with E-state index >= 15 is 0 Å². The molecule has 0 aliphatic rings. The fourth-order valence-corrected chi connectivity index (χ4v) is 2.19. The molecule has 1 rings (SSSR count). The van der Waals surface area contributed by atoms with Gasteiger partial charge in [0.1, 0.15) is 0 Å². The maximum Gasteiger partial charge on any atom is 0.0534 e. The Labute approximate surface area is 98.4 Å². The zero-order valence-corrected chi connectivity index (χ0v) is 10.9. The van der Waals surface area contributed by atoms with Gasteiger partial charge in [-0.15, -0.1) is 0 Å². The smallest absolute Gasteiger partial charge is 0.0534 e. The van der Waals surface area contributed by atoms with Crippen molar-refractivity contribution in [1.29, 1.82) is 0 Å². The van der Waals surface area contributed by atoms with E-state index < -0.39 is 0 Å². The molecule has 92 valence electrons. The lowest BCUT2D eigenvalue weighted by atomic mass is 9.97. The van der Waals surface area contributed by atoms with Crippen LogP contribution in [0.2, 0.25) is 0 Å². The summed E-state index contributed by atoms with van der Waals surface area (Å²) in [6.45, 7) is 6.11. The molecule has 0 aliphatic carbocycles. The molecule has 1 unspecified atom stereocenters. The van der Waals surface area contributed by atoms with Crippen LogP contribution in [-0.4, -0.2) is 33.8 Å². The van der Waals surface area contributed by atoms with Crippen LogP contribution in [0.25, 0.3) is 0 Å². The monoisotopic (exact) mass is 224 g/mol. The van der Waals surface area contributed by atoms with E-state index in [4.69, 9.17) is 5.73 Å². The Balaban J connectivity index is 2.44. The van der Waals surface area contributed by atoms with E-state index in [0.29, 0.717) is 0 Å². The fourth-order valence-electron chi connectivity index (χ4n) is 2.19. The first-order valence-electron chi connectivity index (χ1n) is 5.88. The summed E-state index contributed by atoms with van der Waals surface area (Å²) in [4.78, 5) is 2.26. The average Bonchev–Trinajstić information content (AvgIpc) is 2.49. The van der Waals surface area contributed by atoms with Crippen molar-refractivity contribution >= 4 is 0 Å². The molecule has 4 nitrogen and oxygen atoms in total. The first-order valence-corrected chi connectivity index (χ1v) is 5.88. The third-order valence-electron chi connectivity index (χ3n) is 2.66. The number of hydrogen-bond acceptors (Lipinski definition) is 3. The van der Waals surface area contributed by atoms with Crippen molar-refractivity contribution in [2.75, 3.05) is 13.6 Å². The van der Waals surface area contributed by atoms with Crippen molar-refractivity contribution in [3.8, 4) is 0 Å². The molecule has 0 amide bonds. The molecule has 0 bridgehead atoms. The average molecular weight is 224 g/mol. The van der Waals surface area contributed by atoms with Crippen molar-refractivity contribution in [2.24, 2.45) is 12.8 Å². The predicted octanol–water partition coefficient (Wildman–Crippen LogP) is 1.37. The summed E-state index contributed by atoms with van der Waals surface area (Å²) < 4.78 is 1.83. The Hall–Kier alpha value is -0.870. The van der Waals surface area contributed by atoms with Gasteiger partial charge < -0.3 is 10.6 Å². The first kappa shape index (κ1) is 13.2. The van der Waals surface area contributed by atoms with Crippen molar-refractivity contribution in [2.45, 2.75) is 38.8 Å². The van der Waals surface area contributed by atoms with Crippen LogP contribution in [0, 0.1) is 0 Å². The van der Waals surface area contributed by atoms with E-state index in [1.807, 2.05) is 24.1 Å². The summed E-state index contributed by atoms with van der Waals surface area (Å²) in [6, 6.07) is 0. The zero-order valence-electron chi connectivity index (χ0n) is 10.9. The highest BCUT2D eigenvalue weighted by atomic mass is 15.2. The maximum atomic E-state index is 6.22. The molecule has 4 heteroatoms. The molecule has 0 radical (unpaired) electrons. The Kier molecular flexibility index (Phi) is 4.50. The van der Waals surface area contributed by atoms with Crippen LogP contribution in [0.15, 0.2) is 12.4 Å². The van der Waals surface area contributed by atoms with Gasteiger partial charge in [-0.25, -0.2) is 0 Å². The third-order valence-corrected chi connectivity index (χ3v) is 2.66. The maximum absolute atomic E-state index is 6.22. The zero-order chi connectivity index (χ0) is 12.2. The van der Waals surface area contributed by atoms with E-state index in [2.05, 4.69) is 30.9 Å². The second-order valence-corrected chi connectivity index (χ2v) is 5.10. The lowest BCUT2D eigenvalue weighted by Gasteiger charge is -2.29. The van der Waals surface area contributed by atoms with Crippen molar-refractivity contribution in [3.05, 3.63) is 18.0 Å². The summed E-state index contributed by atoms with van der Waals surface area (Å²) >= 11 is 0. The summed E-state index contributed by atoms with van der Waals surface area (Å²) in [5, 5.41) is 4.16. The number of rotatable bonds is 6. The van der Waals surface area contributed by atoms with Gasteiger partial charge >= 0.3 is 0 Å². The van der Waals surface area contributed by atoms with Crippen LogP contribution in [0.3, 0.4) is 0 Å². The summed E-state index contributed by atoms with van der Waals surface area (Å²) in [6.07, 6.45) is 6.15. The molecule has 1 aromatic heterocycles. The second kappa shape index (κ2) is 5.46. The standard InChI is InChI=1S/C12H24N4/c1-5-6-12(2,13)10-15(3)8-11-7-14-16(4)9-11/h7,9H,5-6,8,10,13H2,1-4H3. The minimum absolute atomic E-state index is 0.0916. The number of aromatic nitrogens is 2. The highest BCUT2D eigenvalue weighted by Gasteiger charge is 2.19. The molecule has 1 atom stereocenters. The minimum Gasteiger partial charge on any atom is -0.324 e. The van der Waals surface area contributed by atoms with Crippen LogP contribution in [0.5, 0.6) is 0 Å². The van der Waals surface area contributed by atoms with Gasteiger partial charge in [-0.05, 0) is 20.4 Å². The number of likely N-dealkylation sites (N-methyl/N-ethyl adjacent to an activating group) is 1. The Morgan fingerprint density at radius 3 is 2.75 bits per heavy atom. The largest absolute Gasteiger partial charge is 0.324 e. The lowest BCUT2D eigenvalue weighted by Crippen LogP contribution is -2.46. The second-order valence-electron chi connectivity index (χ2n) is 5.10. The van der Waals surface area contributed by atoms with Crippen LogP contribution >= 0.6 is 0 Å². The molecule has 0 fully saturated rings. The Morgan fingerprint density at radius 2 is 2.25 bits per heavy atom. The van der Waals surface area contributed by atoms with Gasteiger partial charge in [0.05, 0.1) is 6.20 Å². The fraction of sp³-hybridized carbons (Fsp3) is 0.750. The van der Waals surface area contributed by atoms with E-state index in [0.717, 1.165) is 25.9 Å². The Morgan fingerprint density at radius 1 is 1.56 bits per heavy atom. The quantitative estimate of drug-likeness (QED) is 0.794. The normalized spacial score (nSPS) is 15.4. The SMILES string of the molecule is CCCC(C)(N)CN(C)Cc1cnn(C)c1. The molecule has 1 heterocycles. The van der Waals surface area contributed by atoms with Crippen molar-refractivity contribution in [1.82, 2.24) is 14.7 Å². The van der Waals surface area contributed by atoms with Gasteiger partial charge in [0.2, 0.25) is 0 Å². The molecular formula is C12H24N4. The molecule has 0 aromatic carbocycles. The highest BCUT2D eigenvalue weighted by molar-refractivity contribution is 5.03. The molecule has 0 aliphatic heterocycles. The number of hydrogen-bond donors (Lipinski definition) is 1. The van der Waals surface area contributed by atoms with Gasteiger partial charge in [-0.1, -0.05) is 13.3 Å². The molecule has 2 N–H and O–H groups in total. The van der Waals surface area contributed by atoms with Crippen molar-refractivity contribution in [3.63, 3.8) is 0 Å². The van der Waals surface area contributed by atoms with Crippen LogP contribution in [0.4, 0.5) is 0 Å². The first-order chi connectivity index (χ1) is 7.43. The Bertz CT molecular complexity index is 317. The summed E-state index contributed by atoms with van der Waals surface area (Å²) in [7, 11) is 4.04. The molecule has 16 heavy (non-hydrogen) atoms. The van der Waals surface area contributed by atoms with Gasteiger partial charge in [0.25, 0.3) is 0 Å². The number of aryl methyl sites for hydroxylation is 1. The minimum atomic E-state index is -0.0916. The van der Waals surface area contributed by atoms with E-state index in [9.17, 15) is 0 Å². The molecule has 0 spiro atoms. The van der Waals surface area contributed by atoms with Crippen LogP contribution < -0.4 is 5.73 Å². The van der Waals surface area contributed by atoms with E-state index in [-0.39, 0.29) is 5.54 Å². The third kappa shape index (κ3) is 4.33. The van der Waals surface area contributed by atoms with Crippen LogP contribution in [-0.2, 0) is 13.6 Å². The number of nitrogens with zero attached hydrogens (tertiary/aromatic N) is 3. The topological polar surface area (TPSA) is 47.1 Å². The summed E-state index contributed by atoms with van der Waals surface area (Å²) in [5.74, 6) is 0.